The molecule has 0 aromatic heterocycles. The summed E-state index contributed by atoms with van der Waals surface area (Å²) in [7, 11) is 0. The molecule has 3 rings (SSSR count). The standard InChI is InChI=1S/C18H16Br3N3O2/c1-10-3-14(26)6-17(11(10)2)24-8-13(7-22-24)23(9-25)12-4-15(19)18(21)16(20)5-12/h4-7,9,22H,3,8H2,1-2H3. The van der Waals surface area contributed by atoms with Gasteiger partial charge in [0.2, 0.25) is 6.41 Å². The Morgan fingerprint density at radius 2 is 1.85 bits per heavy atom. The molecule has 1 aliphatic carbocycles. The number of nitrogens with zero attached hydrogens (tertiary/aromatic N) is 2. The number of ketones is 1. The van der Waals surface area contributed by atoms with Crippen molar-refractivity contribution in [1.82, 2.24) is 10.4 Å². The number of amides is 1. The molecule has 1 aromatic carbocycles. The molecular formula is C18H16Br3N3O2. The first-order valence-corrected chi connectivity index (χ1v) is 10.2. The molecule has 0 unspecified atom stereocenters. The second kappa shape index (κ2) is 7.70. The molecule has 1 N–H and O–H groups in total. The minimum atomic E-state index is 0.0892. The number of nitrogens with one attached hydrogen (secondary N) is 1. The summed E-state index contributed by atoms with van der Waals surface area (Å²) >= 11 is 10.4. The van der Waals surface area contributed by atoms with Crippen molar-refractivity contribution in [3.63, 3.8) is 0 Å². The van der Waals surface area contributed by atoms with Crippen molar-refractivity contribution in [3.8, 4) is 0 Å². The molecule has 2 aliphatic rings. The number of rotatable bonds is 4. The van der Waals surface area contributed by atoms with Gasteiger partial charge in [0.15, 0.2) is 5.78 Å². The monoisotopic (exact) mass is 543 g/mol. The normalized spacial score (nSPS) is 17.1. The van der Waals surface area contributed by atoms with Crippen LogP contribution in [0.1, 0.15) is 20.3 Å². The Balaban J connectivity index is 1.85. The lowest BCUT2D eigenvalue weighted by Crippen LogP contribution is -2.33. The van der Waals surface area contributed by atoms with Crippen molar-refractivity contribution in [2.75, 3.05) is 11.4 Å². The van der Waals surface area contributed by atoms with Crippen LogP contribution < -0.4 is 10.3 Å². The van der Waals surface area contributed by atoms with Crippen molar-refractivity contribution in [2.24, 2.45) is 0 Å². The first-order chi connectivity index (χ1) is 12.3. The fraction of sp³-hybridized carbons (Fsp3) is 0.222. The van der Waals surface area contributed by atoms with E-state index in [9.17, 15) is 9.59 Å². The van der Waals surface area contributed by atoms with Gasteiger partial charge in [-0.15, -0.1) is 0 Å². The number of allylic oxidation sites excluding steroid dienone is 3. The number of carbonyl (C=O) groups is 2. The van der Waals surface area contributed by atoms with Crippen molar-refractivity contribution < 1.29 is 9.59 Å². The lowest BCUT2D eigenvalue weighted by atomic mass is 9.96. The van der Waals surface area contributed by atoms with Gasteiger partial charge >= 0.3 is 0 Å². The van der Waals surface area contributed by atoms with Crippen LogP contribution in [0.25, 0.3) is 0 Å². The molecule has 8 heteroatoms. The largest absolute Gasteiger partial charge is 0.303 e. The molecule has 0 spiro atoms. The quantitative estimate of drug-likeness (QED) is 0.436. The molecule has 0 fully saturated rings. The SMILES string of the molecule is CC1=C(C)C(N2CC(N(C=O)c3cc(Br)c(Br)c(Br)c3)=CN2)=CC(=O)C1. The van der Waals surface area contributed by atoms with Crippen LogP contribution in [0.4, 0.5) is 5.69 Å². The molecule has 136 valence electrons. The third-order valence-electron chi connectivity index (χ3n) is 4.42. The predicted molar refractivity (Wildman–Crippen MR) is 112 cm³/mol. The molecule has 0 saturated carbocycles. The van der Waals surface area contributed by atoms with Gasteiger partial charge in [0.1, 0.15) is 0 Å². The van der Waals surface area contributed by atoms with Gasteiger partial charge in [-0.2, -0.15) is 0 Å². The molecule has 0 radical (unpaired) electrons. The number of hydrogen-bond acceptors (Lipinski definition) is 4. The Labute approximate surface area is 177 Å². The van der Waals surface area contributed by atoms with Gasteiger partial charge < -0.3 is 5.43 Å². The number of hydrogen-bond donors (Lipinski definition) is 1. The highest BCUT2D eigenvalue weighted by atomic mass is 79.9. The Morgan fingerprint density at radius 3 is 2.46 bits per heavy atom. The Kier molecular flexibility index (Phi) is 5.74. The highest BCUT2D eigenvalue weighted by Gasteiger charge is 2.26. The average molecular weight is 546 g/mol. The van der Waals surface area contributed by atoms with E-state index in [1.54, 1.807) is 17.2 Å². The molecule has 0 bridgehead atoms. The van der Waals surface area contributed by atoms with Crippen LogP contribution in [0, 0.1) is 0 Å². The minimum Gasteiger partial charge on any atom is -0.303 e. The first-order valence-electron chi connectivity index (χ1n) is 7.85. The van der Waals surface area contributed by atoms with Gasteiger partial charge in [-0.3, -0.25) is 19.5 Å². The van der Waals surface area contributed by atoms with E-state index >= 15 is 0 Å². The zero-order valence-corrected chi connectivity index (χ0v) is 18.9. The first kappa shape index (κ1) is 19.4. The molecular weight excluding hydrogens is 530 g/mol. The highest BCUT2D eigenvalue weighted by Crippen LogP contribution is 2.36. The van der Waals surface area contributed by atoms with E-state index in [1.807, 2.05) is 31.0 Å². The van der Waals surface area contributed by atoms with E-state index in [1.165, 1.54) is 0 Å². The van der Waals surface area contributed by atoms with Gasteiger partial charge in [0.25, 0.3) is 0 Å². The summed E-state index contributed by atoms with van der Waals surface area (Å²) in [5, 5.41) is 1.88. The Morgan fingerprint density at radius 1 is 1.19 bits per heavy atom. The smallest absolute Gasteiger partial charge is 0.218 e. The molecule has 0 saturated heterocycles. The third-order valence-corrected chi connectivity index (χ3v) is 7.59. The van der Waals surface area contributed by atoms with E-state index in [4.69, 9.17) is 0 Å². The topological polar surface area (TPSA) is 52.6 Å². The van der Waals surface area contributed by atoms with Crippen molar-refractivity contribution in [3.05, 3.63) is 60.4 Å². The fourth-order valence-corrected chi connectivity index (χ4v) is 4.28. The average Bonchev–Trinajstić information content (AvgIpc) is 3.06. The molecule has 1 amide bonds. The zero-order chi connectivity index (χ0) is 19.0. The van der Waals surface area contributed by atoms with Crippen LogP contribution in [0.15, 0.2) is 60.4 Å². The van der Waals surface area contributed by atoms with Gasteiger partial charge in [0.05, 0.1) is 23.6 Å². The maximum absolute atomic E-state index is 11.9. The van der Waals surface area contributed by atoms with Crippen LogP contribution in [0.5, 0.6) is 0 Å². The summed E-state index contributed by atoms with van der Waals surface area (Å²) in [5.74, 6) is 0.0892. The highest BCUT2D eigenvalue weighted by molar-refractivity contribution is 9.14. The maximum Gasteiger partial charge on any atom is 0.218 e. The Hall–Kier alpha value is -1.38. The van der Waals surface area contributed by atoms with Gasteiger partial charge in [-0.1, -0.05) is 5.57 Å². The van der Waals surface area contributed by atoms with Crippen LogP contribution in [0.3, 0.4) is 0 Å². The number of benzene rings is 1. The number of anilines is 1. The summed E-state index contributed by atoms with van der Waals surface area (Å²) in [6.07, 6.45) is 4.68. The number of hydrazine groups is 1. The van der Waals surface area contributed by atoms with E-state index in [2.05, 4.69) is 53.2 Å². The fourth-order valence-electron chi connectivity index (χ4n) is 2.89. The number of carbonyl (C=O) groups excluding carboxylic acids is 2. The van der Waals surface area contributed by atoms with Crippen LogP contribution in [-0.2, 0) is 9.59 Å². The van der Waals surface area contributed by atoms with Gasteiger partial charge in [-0.05, 0) is 79.3 Å². The summed E-state index contributed by atoms with van der Waals surface area (Å²) in [4.78, 5) is 25.3. The van der Waals surface area contributed by atoms with Crippen LogP contribution >= 0.6 is 47.8 Å². The van der Waals surface area contributed by atoms with Crippen molar-refractivity contribution in [2.45, 2.75) is 20.3 Å². The van der Waals surface area contributed by atoms with E-state index in [0.717, 1.165) is 48.1 Å². The summed E-state index contributed by atoms with van der Waals surface area (Å²) < 4.78 is 2.56. The van der Waals surface area contributed by atoms with Crippen molar-refractivity contribution >= 4 is 65.7 Å². The second-order valence-corrected chi connectivity index (χ2v) is 8.63. The lowest BCUT2D eigenvalue weighted by Gasteiger charge is -2.27. The Bertz CT molecular complexity index is 867. The van der Waals surface area contributed by atoms with E-state index in [0.29, 0.717) is 13.0 Å². The minimum absolute atomic E-state index is 0.0892. The van der Waals surface area contributed by atoms with Gasteiger partial charge in [0, 0.05) is 32.1 Å². The molecule has 0 atom stereocenters. The van der Waals surface area contributed by atoms with E-state index < -0.39 is 0 Å². The predicted octanol–water partition coefficient (Wildman–Crippen LogP) is 4.79. The lowest BCUT2D eigenvalue weighted by molar-refractivity contribution is -0.114. The van der Waals surface area contributed by atoms with Crippen LogP contribution in [-0.4, -0.2) is 23.7 Å². The molecule has 1 aromatic rings. The molecule has 5 nitrogen and oxygen atoms in total. The summed E-state index contributed by atoms with van der Waals surface area (Å²) in [6, 6.07) is 3.73. The van der Waals surface area contributed by atoms with Gasteiger partial charge in [-0.25, -0.2) is 0 Å². The molecule has 1 heterocycles. The second-order valence-electron chi connectivity index (χ2n) is 6.13. The molecule has 1 aliphatic heterocycles. The summed E-state index contributed by atoms with van der Waals surface area (Å²) in [6.45, 7) is 4.45. The van der Waals surface area contributed by atoms with Crippen LogP contribution in [0.2, 0.25) is 0 Å². The maximum atomic E-state index is 11.9. The van der Waals surface area contributed by atoms with Crippen molar-refractivity contribution in [1.29, 1.82) is 0 Å². The molecule has 26 heavy (non-hydrogen) atoms. The van der Waals surface area contributed by atoms with E-state index in [-0.39, 0.29) is 5.78 Å². The third kappa shape index (κ3) is 3.68. The number of halogens is 3. The summed E-state index contributed by atoms with van der Waals surface area (Å²) in [5.41, 5.74) is 7.66. The zero-order valence-electron chi connectivity index (χ0n) is 14.1.